The van der Waals surface area contributed by atoms with Gasteiger partial charge in [-0.25, -0.2) is 9.59 Å². The number of ether oxygens (including phenoxy) is 1. The Morgan fingerprint density at radius 3 is 1.50 bits per heavy atom. The smallest absolute Gasteiger partial charge is 0.330 e. The zero-order valence-corrected chi connectivity index (χ0v) is 17.4. The molecular weight excluding hydrogens is 388 g/mol. The van der Waals surface area contributed by atoms with Crippen LogP contribution in [0.3, 0.4) is 0 Å². The number of likely N-dealkylation sites (N-methyl/N-ethyl adjacent to an activating group) is 1. The number of hydrogen-bond acceptors (Lipinski definition) is 5. The molecule has 8 nitrogen and oxygen atoms in total. The number of carboxylic acid groups (broad SMARTS) is 1. The fourth-order valence-electron chi connectivity index (χ4n) is 0.979. The number of amides is 1. The molecule has 4 N–H and O–H groups in total. The molecule has 0 fully saturated rings. The number of primary amides is 1. The first-order valence-electron chi connectivity index (χ1n) is 7.68. The molecule has 0 unspecified atom stereocenters. The summed E-state index contributed by atoms with van der Waals surface area (Å²) in [5, 5.41) is 15.7. The molecule has 0 saturated heterocycles. The van der Waals surface area contributed by atoms with E-state index in [1.165, 1.54) is 0 Å². The number of aliphatic carboxylic acids is 1. The SMILES string of the molecule is C=CC(=O)O.C=CC(=O)OCCO.C=CC(N)=O.C=CC[N+](C)(C)CC=C.[Cl-]. The van der Waals surface area contributed by atoms with Gasteiger partial charge in [0.25, 0.3) is 0 Å². The van der Waals surface area contributed by atoms with Crippen LogP contribution in [0.4, 0.5) is 0 Å². The molecule has 162 valence electrons. The monoisotopic (exact) mass is 420 g/mol. The maximum Gasteiger partial charge on any atom is 0.330 e. The van der Waals surface area contributed by atoms with E-state index < -0.39 is 17.8 Å². The summed E-state index contributed by atoms with van der Waals surface area (Å²) in [6, 6.07) is 0. The number of carbonyl (C=O) groups is 3. The van der Waals surface area contributed by atoms with E-state index in [0.29, 0.717) is 0 Å². The molecule has 0 bridgehead atoms. The number of carboxylic acids is 1. The van der Waals surface area contributed by atoms with Gasteiger partial charge in [-0.2, -0.15) is 0 Å². The number of quaternary nitrogens is 1. The predicted octanol–water partition coefficient (Wildman–Crippen LogP) is -1.94. The number of carbonyl (C=O) groups excluding carboxylic acids is 2. The Kier molecular flexibility index (Phi) is 34.4. The lowest BCUT2D eigenvalue weighted by Gasteiger charge is -2.26. The maximum atomic E-state index is 10.1. The standard InChI is InChI=1S/C8H16N.C5H8O3.C3H5NO.C3H4O2.ClH/c1-5-7-9(3,4)8-6-2;1-2-5(7)8-4-3-6;2*1-2-3(4)5;/h5-6H,1-2,7-8H2,3-4H3;2,6H,1,3-4H2;2H,1H2,(H2,4,5);2H,1H2,(H,4,5);1H/q+1;;;;/p-1. The largest absolute Gasteiger partial charge is 1.00 e. The van der Waals surface area contributed by atoms with E-state index in [9.17, 15) is 14.4 Å². The molecule has 1 amide bonds. The Hall–Kier alpha value is -2.68. The summed E-state index contributed by atoms with van der Waals surface area (Å²) in [6.45, 7) is 18.5. The van der Waals surface area contributed by atoms with Crippen LogP contribution in [0, 0.1) is 0 Å². The summed E-state index contributed by atoms with van der Waals surface area (Å²) in [5.41, 5.74) is 4.53. The fourth-order valence-corrected chi connectivity index (χ4v) is 0.979. The molecule has 9 heteroatoms. The minimum absolute atomic E-state index is 0. The fraction of sp³-hybridized carbons (Fsp3) is 0.316. The van der Waals surface area contributed by atoms with Gasteiger partial charge in [0, 0.05) is 12.2 Å². The second-order valence-corrected chi connectivity index (χ2v) is 5.12. The van der Waals surface area contributed by atoms with Gasteiger partial charge in [0.1, 0.15) is 6.61 Å². The Bertz CT molecular complexity index is 461. The number of aliphatic hydroxyl groups excluding tert-OH is 1. The second-order valence-electron chi connectivity index (χ2n) is 5.12. The van der Waals surface area contributed by atoms with E-state index in [1.807, 2.05) is 12.2 Å². The highest BCUT2D eigenvalue weighted by molar-refractivity contribution is 5.85. The minimum Gasteiger partial charge on any atom is -1.00 e. The van der Waals surface area contributed by atoms with Crippen LogP contribution in [-0.4, -0.2) is 72.9 Å². The van der Waals surface area contributed by atoms with Crippen molar-refractivity contribution >= 4 is 17.8 Å². The van der Waals surface area contributed by atoms with E-state index in [4.69, 9.17) is 10.2 Å². The highest BCUT2D eigenvalue weighted by atomic mass is 35.5. The normalized spacial score (nSPS) is 8.11. The Morgan fingerprint density at radius 1 is 0.964 bits per heavy atom. The van der Waals surface area contributed by atoms with Gasteiger partial charge in [0.15, 0.2) is 0 Å². The molecule has 0 aliphatic heterocycles. The van der Waals surface area contributed by atoms with Gasteiger partial charge < -0.3 is 37.6 Å². The van der Waals surface area contributed by atoms with Crippen molar-refractivity contribution in [1.82, 2.24) is 0 Å². The lowest BCUT2D eigenvalue weighted by atomic mass is 10.4. The van der Waals surface area contributed by atoms with Gasteiger partial charge in [0.05, 0.1) is 33.8 Å². The van der Waals surface area contributed by atoms with Crippen LogP contribution in [-0.2, 0) is 19.1 Å². The number of nitrogens with two attached hydrogens (primary N) is 1. The van der Waals surface area contributed by atoms with E-state index in [0.717, 1.165) is 35.8 Å². The van der Waals surface area contributed by atoms with Gasteiger partial charge in [0.2, 0.25) is 5.91 Å². The lowest BCUT2D eigenvalue weighted by molar-refractivity contribution is -0.878. The topological polar surface area (TPSA) is 127 Å². The Labute approximate surface area is 174 Å². The van der Waals surface area contributed by atoms with E-state index in [-0.39, 0.29) is 25.6 Å². The summed E-state index contributed by atoms with van der Waals surface area (Å²) in [7, 11) is 4.31. The molecule has 0 rings (SSSR count). The van der Waals surface area contributed by atoms with Crippen molar-refractivity contribution in [3.8, 4) is 0 Å². The Balaban J connectivity index is -0.0000000858. The second kappa shape index (κ2) is 26.5. The molecule has 0 aromatic carbocycles. The molecule has 0 saturated carbocycles. The van der Waals surface area contributed by atoms with Crippen LogP contribution >= 0.6 is 0 Å². The van der Waals surface area contributed by atoms with E-state index in [2.05, 4.69) is 57.5 Å². The van der Waals surface area contributed by atoms with Crippen LogP contribution in [0.1, 0.15) is 0 Å². The number of rotatable bonds is 9. The number of nitrogens with zero attached hydrogens (tertiary/aromatic N) is 1. The van der Waals surface area contributed by atoms with Crippen LogP contribution < -0.4 is 18.1 Å². The maximum absolute atomic E-state index is 10.1. The van der Waals surface area contributed by atoms with Crippen LogP contribution in [0.2, 0.25) is 0 Å². The average Bonchev–Trinajstić information content (AvgIpc) is 2.60. The van der Waals surface area contributed by atoms with Gasteiger partial charge in [-0.1, -0.05) is 32.9 Å². The van der Waals surface area contributed by atoms with Gasteiger partial charge in [-0.15, -0.1) is 0 Å². The molecule has 28 heavy (non-hydrogen) atoms. The van der Waals surface area contributed by atoms with Crippen molar-refractivity contribution in [2.24, 2.45) is 5.73 Å². The molecule has 0 aromatic heterocycles. The molecule has 0 aliphatic rings. The van der Waals surface area contributed by atoms with Crippen molar-refractivity contribution in [3.63, 3.8) is 0 Å². The first kappa shape index (κ1) is 36.3. The molecule has 0 aliphatic carbocycles. The number of hydrogen-bond donors (Lipinski definition) is 3. The van der Waals surface area contributed by atoms with Crippen LogP contribution in [0.25, 0.3) is 0 Å². The summed E-state index contributed by atoms with van der Waals surface area (Å²) < 4.78 is 5.28. The molecule has 0 aromatic rings. The van der Waals surface area contributed by atoms with Crippen molar-refractivity contribution in [3.05, 3.63) is 63.3 Å². The number of esters is 1. The third kappa shape index (κ3) is 49.5. The number of halogens is 1. The quantitative estimate of drug-likeness (QED) is 0.172. The van der Waals surface area contributed by atoms with Gasteiger partial charge >= 0.3 is 11.9 Å². The minimum atomic E-state index is -0.981. The van der Waals surface area contributed by atoms with Gasteiger partial charge in [-0.3, -0.25) is 4.79 Å². The lowest BCUT2D eigenvalue weighted by Crippen LogP contribution is -3.00. The first-order valence-corrected chi connectivity index (χ1v) is 7.68. The zero-order chi connectivity index (χ0) is 22.3. The summed E-state index contributed by atoms with van der Waals surface area (Å²) in [6.07, 6.45) is 6.81. The van der Waals surface area contributed by atoms with E-state index in [1.54, 1.807) is 0 Å². The summed E-state index contributed by atoms with van der Waals surface area (Å²) in [5.74, 6) is -1.96. The van der Waals surface area contributed by atoms with E-state index >= 15 is 0 Å². The third-order valence-corrected chi connectivity index (χ3v) is 2.12. The Morgan fingerprint density at radius 2 is 1.32 bits per heavy atom. The summed E-state index contributed by atoms with van der Waals surface area (Å²) in [4.78, 5) is 28.8. The first-order chi connectivity index (χ1) is 12.5. The highest BCUT2D eigenvalue weighted by Gasteiger charge is 2.07. The van der Waals surface area contributed by atoms with Crippen molar-refractivity contribution in [1.29, 1.82) is 0 Å². The van der Waals surface area contributed by atoms with Gasteiger partial charge in [-0.05, 0) is 18.2 Å². The highest BCUT2D eigenvalue weighted by Crippen LogP contribution is 1.95. The average molecular weight is 421 g/mol. The summed E-state index contributed by atoms with van der Waals surface area (Å²) >= 11 is 0. The zero-order valence-electron chi connectivity index (χ0n) is 16.7. The number of aliphatic hydroxyl groups is 1. The molecule has 0 heterocycles. The molecule has 0 spiro atoms. The molecule has 0 atom stereocenters. The van der Waals surface area contributed by atoms with Crippen LogP contribution in [0.15, 0.2) is 63.3 Å². The molecule has 0 radical (unpaired) electrons. The third-order valence-electron chi connectivity index (χ3n) is 2.12. The predicted molar refractivity (Wildman–Crippen MR) is 108 cm³/mol. The van der Waals surface area contributed by atoms with Crippen molar-refractivity contribution in [2.75, 3.05) is 40.4 Å². The van der Waals surface area contributed by atoms with Crippen LogP contribution in [0.5, 0.6) is 0 Å². The molecular formula is C19H33ClN2O6. The van der Waals surface area contributed by atoms with Crippen molar-refractivity contribution < 1.29 is 46.2 Å². The van der Waals surface area contributed by atoms with Crippen molar-refractivity contribution in [2.45, 2.75) is 0 Å².